The molecular formula is C22H28Cl2FN3O2. The Hall–Kier alpha value is -1.70. The Morgan fingerprint density at radius 3 is 2.30 bits per heavy atom. The summed E-state index contributed by atoms with van der Waals surface area (Å²) in [6.45, 7) is 3.33. The molecule has 2 saturated heterocycles. The summed E-state index contributed by atoms with van der Waals surface area (Å²) in [6.07, 6.45) is 0. The molecule has 2 aromatic rings. The third-order valence-corrected chi connectivity index (χ3v) is 5.75. The fourth-order valence-corrected chi connectivity index (χ4v) is 4.25. The van der Waals surface area contributed by atoms with Crippen molar-refractivity contribution in [3.8, 4) is 0 Å². The van der Waals surface area contributed by atoms with E-state index in [0.29, 0.717) is 45.0 Å². The van der Waals surface area contributed by atoms with Gasteiger partial charge in [-0.1, -0.05) is 48.5 Å². The summed E-state index contributed by atoms with van der Waals surface area (Å²) in [5, 5.41) is 0. The second-order valence-electron chi connectivity index (χ2n) is 7.50. The molecule has 5 nitrogen and oxygen atoms in total. The number of benzene rings is 2. The Morgan fingerprint density at radius 2 is 1.63 bits per heavy atom. The monoisotopic (exact) mass is 455 g/mol. The van der Waals surface area contributed by atoms with E-state index in [9.17, 15) is 9.18 Å². The van der Waals surface area contributed by atoms with Crippen molar-refractivity contribution in [2.75, 3.05) is 39.4 Å². The Balaban J connectivity index is 0.00000160. The molecule has 0 aromatic heterocycles. The lowest BCUT2D eigenvalue weighted by molar-refractivity contribution is -0.138. The lowest BCUT2D eigenvalue weighted by Gasteiger charge is -2.36. The first-order valence-corrected chi connectivity index (χ1v) is 9.80. The summed E-state index contributed by atoms with van der Waals surface area (Å²) in [4.78, 5) is 17.4. The van der Waals surface area contributed by atoms with E-state index in [4.69, 9.17) is 10.5 Å². The first kappa shape index (κ1) is 24.6. The first-order valence-electron chi connectivity index (χ1n) is 9.80. The molecule has 1 unspecified atom stereocenters. The Labute approximate surface area is 189 Å². The highest BCUT2D eigenvalue weighted by Gasteiger charge is 2.40. The molecule has 2 aliphatic rings. The van der Waals surface area contributed by atoms with Crippen molar-refractivity contribution < 1.29 is 13.9 Å². The lowest BCUT2D eigenvalue weighted by atomic mass is 9.95. The van der Waals surface area contributed by atoms with Gasteiger partial charge in [-0.15, -0.1) is 24.8 Å². The van der Waals surface area contributed by atoms with Gasteiger partial charge in [0, 0.05) is 43.7 Å². The number of nitrogens with two attached hydrogens (primary N) is 1. The van der Waals surface area contributed by atoms with E-state index in [2.05, 4.69) is 12.1 Å². The van der Waals surface area contributed by atoms with Crippen LogP contribution in [0.25, 0.3) is 0 Å². The number of amides is 1. The van der Waals surface area contributed by atoms with Crippen molar-refractivity contribution in [1.29, 1.82) is 0 Å². The van der Waals surface area contributed by atoms with E-state index in [1.54, 1.807) is 23.1 Å². The summed E-state index contributed by atoms with van der Waals surface area (Å²) >= 11 is 0. The number of halogens is 3. The van der Waals surface area contributed by atoms with Crippen LogP contribution in [0.4, 0.5) is 4.39 Å². The molecule has 2 aromatic carbocycles. The molecule has 2 N–H and O–H groups in total. The molecule has 30 heavy (non-hydrogen) atoms. The maximum absolute atomic E-state index is 14.6. The van der Waals surface area contributed by atoms with Crippen LogP contribution in [0.2, 0.25) is 0 Å². The van der Waals surface area contributed by atoms with Crippen LogP contribution in [0.5, 0.6) is 0 Å². The van der Waals surface area contributed by atoms with Crippen LogP contribution in [-0.2, 0) is 9.53 Å². The predicted octanol–water partition coefficient (Wildman–Crippen LogP) is 3.00. The SMILES string of the molecule is Cl.Cl.N[C@@H]1CN(C(=O)C(c2ccccc2F)N2CCOCC2)C[C@H]1c1ccccc1. The van der Waals surface area contributed by atoms with Crippen LogP contribution >= 0.6 is 24.8 Å². The van der Waals surface area contributed by atoms with E-state index in [1.807, 2.05) is 23.1 Å². The van der Waals surface area contributed by atoms with Gasteiger partial charge in [0.15, 0.2) is 0 Å². The fraction of sp³-hybridized carbons (Fsp3) is 0.409. The highest BCUT2D eigenvalue weighted by atomic mass is 35.5. The van der Waals surface area contributed by atoms with Gasteiger partial charge < -0.3 is 15.4 Å². The van der Waals surface area contributed by atoms with Crippen LogP contribution in [0.15, 0.2) is 54.6 Å². The normalized spacial score (nSPS) is 22.7. The third kappa shape index (κ3) is 5.13. The average molecular weight is 456 g/mol. The number of carbonyl (C=O) groups excluding carboxylic acids is 1. The summed E-state index contributed by atoms with van der Waals surface area (Å²) in [7, 11) is 0. The van der Waals surface area contributed by atoms with Crippen molar-refractivity contribution in [3.05, 3.63) is 71.5 Å². The van der Waals surface area contributed by atoms with Crippen molar-refractivity contribution in [2.24, 2.45) is 5.73 Å². The average Bonchev–Trinajstić information content (AvgIpc) is 3.13. The van der Waals surface area contributed by atoms with Gasteiger partial charge in [0.05, 0.1) is 13.2 Å². The topological polar surface area (TPSA) is 58.8 Å². The fourth-order valence-electron chi connectivity index (χ4n) is 4.25. The molecule has 164 valence electrons. The van der Waals surface area contributed by atoms with Gasteiger partial charge in [0.2, 0.25) is 5.91 Å². The van der Waals surface area contributed by atoms with Crippen LogP contribution in [-0.4, -0.2) is 61.1 Å². The van der Waals surface area contributed by atoms with Gasteiger partial charge in [0.25, 0.3) is 0 Å². The van der Waals surface area contributed by atoms with E-state index in [0.717, 1.165) is 5.56 Å². The number of carbonyl (C=O) groups is 1. The van der Waals surface area contributed by atoms with Gasteiger partial charge in [-0.05, 0) is 11.6 Å². The van der Waals surface area contributed by atoms with Crippen molar-refractivity contribution in [1.82, 2.24) is 9.80 Å². The van der Waals surface area contributed by atoms with E-state index < -0.39 is 6.04 Å². The van der Waals surface area contributed by atoms with E-state index >= 15 is 0 Å². The Morgan fingerprint density at radius 1 is 1.00 bits per heavy atom. The largest absolute Gasteiger partial charge is 0.379 e. The van der Waals surface area contributed by atoms with Gasteiger partial charge >= 0.3 is 0 Å². The highest BCUT2D eigenvalue weighted by Crippen LogP contribution is 2.32. The summed E-state index contributed by atoms with van der Waals surface area (Å²) in [5.41, 5.74) is 7.95. The lowest BCUT2D eigenvalue weighted by Crippen LogP contribution is -2.47. The highest BCUT2D eigenvalue weighted by molar-refractivity contribution is 5.85. The molecule has 0 saturated carbocycles. The standard InChI is InChI=1S/C22H26FN3O2.2ClH/c23-19-9-5-4-8-17(19)21(25-10-12-28-13-11-25)22(27)26-14-18(20(24)15-26)16-6-2-1-3-7-16;;/h1-9,18,20-21H,10-15,24H2;2*1H/t18-,20+,21?;;/m0../s1. The zero-order valence-electron chi connectivity index (χ0n) is 16.7. The number of likely N-dealkylation sites (tertiary alicyclic amines) is 1. The Bertz CT molecular complexity index is 821. The van der Waals surface area contributed by atoms with E-state index in [1.165, 1.54) is 6.07 Å². The molecule has 2 heterocycles. The number of nitrogens with zero attached hydrogens (tertiary/aromatic N) is 2. The molecule has 1 amide bonds. The summed E-state index contributed by atoms with van der Waals surface area (Å²) in [5.74, 6) is -0.340. The van der Waals surface area contributed by atoms with Crippen LogP contribution in [0.3, 0.4) is 0 Å². The van der Waals surface area contributed by atoms with Crippen LogP contribution in [0.1, 0.15) is 23.1 Å². The minimum atomic E-state index is -0.646. The van der Waals surface area contributed by atoms with Gasteiger partial charge in [0.1, 0.15) is 11.9 Å². The number of hydrogen-bond donors (Lipinski definition) is 1. The van der Waals surface area contributed by atoms with E-state index in [-0.39, 0.29) is 48.5 Å². The molecular weight excluding hydrogens is 428 g/mol. The van der Waals surface area contributed by atoms with Gasteiger partial charge in [-0.3, -0.25) is 9.69 Å². The second-order valence-corrected chi connectivity index (χ2v) is 7.50. The smallest absolute Gasteiger partial charge is 0.244 e. The summed E-state index contributed by atoms with van der Waals surface area (Å²) < 4.78 is 20.0. The van der Waals surface area contributed by atoms with Gasteiger partial charge in [-0.2, -0.15) is 0 Å². The molecule has 2 aliphatic heterocycles. The minimum Gasteiger partial charge on any atom is -0.379 e. The number of morpholine rings is 1. The second kappa shape index (κ2) is 11.1. The quantitative estimate of drug-likeness (QED) is 0.769. The molecule has 2 fully saturated rings. The summed E-state index contributed by atoms with van der Waals surface area (Å²) in [6, 6.07) is 15.8. The third-order valence-electron chi connectivity index (χ3n) is 5.75. The number of hydrogen-bond acceptors (Lipinski definition) is 4. The minimum absolute atomic E-state index is 0. The maximum atomic E-state index is 14.6. The molecule has 0 aliphatic carbocycles. The van der Waals surface area contributed by atoms with Crippen molar-refractivity contribution in [3.63, 3.8) is 0 Å². The predicted molar refractivity (Wildman–Crippen MR) is 120 cm³/mol. The van der Waals surface area contributed by atoms with Crippen molar-refractivity contribution >= 4 is 30.7 Å². The first-order chi connectivity index (χ1) is 13.6. The zero-order chi connectivity index (χ0) is 19.5. The maximum Gasteiger partial charge on any atom is 0.244 e. The van der Waals surface area contributed by atoms with Gasteiger partial charge in [-0.25, -0.2) is 4.39 Å². The number of ether oxygens (including phenoxy) is 1. The van der Waals surface area contributed by atoms with Crippen molar-refractivity contribution in [2.45, 2.75) is 18.0 Å². The number of rotatable bonds is 4. The molecule has 0 spiro atoms. The molecule has 0 radical (unpaired) electrons. The van der Waals surface area contributed by atoms with Crippen LogP contribution in [0, 0.1) is 5.82 Å². The van der Waals surface area contributed by atoms with Crippen LogP contribution < -0.4 is 5.73 Å². The molecule has 0 bridgehead atoms. The molecule has 3 atom stereocenters. The molecule has 8 heteroatoms. The molecule has 4 rings (SSSR count). The zero-order valence-corrected chi connectivity index (χ0v) is 18.3. The Kier molecular flexibility index (Phi) is 9.07.